The number of carbonyl (C=O) groups excluding carboxylic acids is 1. The summed E-state index contributed by atoms with van der Waals surface area (Å²) in [5, 5.41) is 7.82. The van der Waals surface area contributed by atoms with Crippen molar-refractivity contribution < 1.29 is 14.7 Å². The number of halogens is 1. The quantitative estimate of drug-likeness (QED) is 0.631. The highest BCUT2D eigenvalue weighted by molar-refractivity contribution is 6.68. The van der Waals surface area contributed by atoms with Crippen molar-refractivity contribution in [3.63, 3.8) is 0 Å². The topological polar surface area (TPSA) is 54.4 Å². The van der Waals surface area contributed by atoms with Crippen LogP contribution in [-0.4, -0.2) is 16.3 Å². The van der Waals surface area contributed by atoms with E-state index in [1.807, 2.05) is 6.07 Å². The van der Waals surface area contributed by atoms with Crippen LogP contribution in [0, 0.1) is 0 Å². The van der Waals surface area contributed by atoms with Gasteiger partial charge in [-0.15, -0.1) is 0 Å². The molecule has 1 aromatic carbocycles. The monoisotopic (exact) mass is 224 g/mol. The van der Waals surface area contributed by atoms with Gasteiger partial charge in [0.1, 0.15) is 0 Å². The van der Waals surface area contributed by atoms with Crippen LogP contribution in [0.15, 0.2) is 35.9 Å². The molecule has 15 heavy (non-hydrogen) atoms. The molecule has 1 N–H and O–H groups in total. The summed E-state index contributed by atoms with van der Waals surface area (Å²) >= 11 is 5.27. The van der Waals surface area contributed by atoms with Crippen LogP contribution in [0.25, 0.3) is 6.08 Å². The predicted molar refractivity (Wildman–Crippen MR) is 57.5 cm³/mol. The van der Waals surface area contributed by atoms with Gasteiger partial charge in [-0.25, -0.2) is 0 Å². The summed E-state index contributed by atoms with van der Waals surface area (Å²) in [5.74, 6) is -1.08. The van der Waals surface area contributed by atoms with Crippen LogP contribution >= 0.6 is 11.6 Å². The number of benzene rings is 1. The summed E-state index contributed by atoms with van der Waals surface area (Å²) in [6, 6.07) is 8.95. The van der Waals surface area contributed by atoms with Gasteiger partial charge in [-0.05, 0) is 23.2 Å². The second-order valence-electron chi connectivity index (χ2n) is 2.92. The lowest BCUT2D eigenvalue weighted by atomic mass is 10.1. The first kappa shape index (κ1) is 11.5. The lowest BCUT2D eigenvalue weighted by Crippen LogP contribution is -2.02. The lowest BCUT2D eigenvalue weighted by molar-refractivity contribution is -0.136. The molecule has 0 heterocycles. The van der Waals surface area contributed by atoms with E-state index < -0.39 is 11.2 Å². The Morgan fingerprint density at radius 2 is 1.87 bits per heavy atom. The Labute approximate surface area is 92.0 Å². The second kappa shape index (κ2) is 5.32. The Bertz CT molecular complexity index is 396. The summed E-state index contributed by atoms with van der Waals surface area (Å²) in [4.78, 5) is 21.4. The molecule has 78 valence electrons. The van der Waals surface area contributed by atoms with Crippen molar-refractivity contribution in [1.29, 1.82) is 0 Å². The van der Waals surface area contributed by atoms with Gasteiger partial charge in [0.05, 0.1) is 6.42 Å². The minimum absolute atomic E-state index is 0.0790. The molecule has 3 nitrogen and oxygen atoms in total. The minimum Gasteiger partial charge on any atom is -0.481 e. The van der Waals surface area contributed by atoms with E-state index >= 15 is 0 Å². The van der Waals surface area contributed by atoms with Crippen LogP contribution in [0.1, 0.15) is 12.0 Å². The maximum absolute atomic E-state index is 10.9. The predicted octanol–water partition coefficient (Wildman–Crippen LogP) is 2.31. The van der Waals surface area contributed by atoms with E-state index in [-0.39, 0.29) is 12.0 Å². The largest absolute Gasteiger partial charge is 0.481 e. The van der Waals surface area contributed by atoms with Gasteiger partial charge in [0.15, 0.2) is 0 Å². The van der Waals surface area contributed by atoms with Gasteiger partial charge < -0.3 is 5.11 Å². The highest BCUT2D eigenvalue weighted by atomic mass is 35.5. The molecular formula is C11H9ClO3. The number of carbonyl (C=O) groups is 2. The van der Waals surface area contributed by atoms with Gasteiger partial charge in [-0.3, -0.25) is 9.59 Å². The van der Waals surface area contributed by atoms with Crippen molar-refractivity contribution >= 4 is 28.9 Å². The van der Waals surface area contributed by atoms with Crippen molar-refractivity contribution in [2.45, 2.75) is 6.42 Å². The van der Waals surface area contributed by atoms with Gasteiger partial charge >= 0.3 is 5.97 Å². The Hall–Kier alpha value is -1.61. The van der Waals surface area contributed by atoms with E-state index in [9.17, 15) is 9.59 Å². The Balaban J connectivity index is 2.94. The molecular weight excluding hydrogens is 216 g/mol. The third kappa shape index (κ3) is 3.95. The maximum Gasteiger partial charge on any atom is 0.307 e. The molecule has 0 amide bonds. The number of hydrogen-bond donors (Lipinski definition) is 1. The first-order chi connectivity index (χ1) is 7.09. The van der Waals surface area contributed by atoms with Crippen LogP contribution in [0.4, 0.5) is 0 Å². The summed E-state index contributed by atoms with van der Waals surface area (Å²) in [6.45, 7) is 0. The molecule has 0 radical (unpaired) electrons. The maximum atomic E-state index is 10.9. The van der Waals surface area contributed by atoms with Crippen molar-refractivity contribution in [3.8, 4) is 0 Å². The Kier molecular flexibility index (Phi) is 4.06. The van der Waals surface area contributed by atoms with E-state index in [0.29, 0.717) is 0 Å². The van der Waals surface area contributed by atoms with E-state index in [1.54, 1.807) is 24.3 Å². The van der Waals surface area contributed by atoms with E-state index in [4.69, 9.17) is 16.7 Å². The molecule has 0 spiro atoms. The lowest BCUT2D eigenvalue weighted by Gasteiger charge is -1.98. The van der Waals surface area contributed by atoms with Crippen molar-refractivity contribution in [3.05, 3.63) is 41.5 Å². The summed E-state index contributed by atoms with van der Waals surface area (Å²) in [7, 11) is 0. The van der Waals surface area contributed by atoms with Gasteiger partial charge in [-0.1, -0.05) is 30.3 Å². The van der Waals surface area contributed by atoms with E-state index in [1.165, 1.54) is 6.08 Å². The summed E-state index contributed by atoms with van der Waals surface area (Å²) in [5.41, 5.74) is 0.832. The SMILES string of the molecule is O=C(O)C/C(=C\c1ccccc1)C(=O)Cl. The van der Waals surface area contributed by atoms with Crippen LogP contribution in [0.5, 0.6) is 0 Å². The third-order valence-electron chi connectivity index (χ3n) is 1.73. The van der Waals surface area contributed by atoms with E-state index in [2.05, 4.69) is 0 Å². The smallest absolute Gasteiger partial charge is 0.307 e. The highest BCUT2D eigenvalue weighted by Gasteiger charge is 2.10. The van der Waals surface area contributed by atoms with Gasteiger partial charge in [0.2, 0.25) is 5.24 Å². The molecule has 1 rings (SSSR count). The van der Waals surface area contributed by atoms with Crippen LogP contribution in [0.3, 0.4) is 0 Å². The molecule has 0 saturated carbocycles. The average molecular weight is 225 g/mol. The molecule has 0 aliphatic rings. The fourth-order valence-electron chi connectivity index (χ4n) is 1.09. The Morgan fingerprint density at radius 1 is 1.27 bits per heavy atom. The zero-order valence-corrected chi connectivity index (χ0v) is 8.57. The van der Waals surface area contributed by atoms with Crippen LogP contribution in [-0.2, 0) is 9.59 Å². The van der Waals surface area contributed by atoms with Crippen LogP contribution in [0.2, 0.25) is 0 Å². The van der Waals surface area contributed by atoms with Crippen molar-refractivity contribution in [1.82, 2.24) is 0 Å². The molecule has 0 unspecified atom stereocenters. The molecule has 4 heteroatoms. The number of carboxylic acids is 1. The first-order valence-corrected chi connectivity index (χ1v) is 4.64. The molecule has 0 bridgehead atoms. The standard InChI is InChI=1S/C11H9ClO3/c12-11(15)9(7-10(13)14)6-8-4-2-1-3-5-8/h1-6H,7H2,(H,13,14)/b9-6+. The molecule has 0 fully saturated rings. The fraction of sp³-hybridized carbons (Fsp3) is 0.0909. The number of aliphatic carboxylic acids is 1. The van der Waals surface area contributed by atoms with Crippen LogP contribution < -0.4 is 0 Å². The van der Waals surface area contributed by atoms with Gasteiger partial charge in [0.25, 0.3) is 0 Å². The summed E-state index contributed by atoms with van der Waals surface area (Å²) in [6.07, 6.45) is 1.11. The molecule has 0 atom stereocenters. The molecule has 0 saturated heterocycles. The summed E-state index contributed by atoms with van der Waals surface area (Å²) < 4.78 is 0. The zero-order chi connectivity index (χ0) is 11.3. The molecule has 0 aliphatic carbocycles. The fourth-order valence-corrected chi connectivity index (χ4v) is 1.21. The normalized spacial score (nSPS) is 11.1. The molecule has 0 aliphatic heterocycles. The van der Waals surface area contributed by atoms with Crippen molar-refractivity contribution in [2.24, 2.45) is 0 Å². The second-order valence-corrected chi connectivity index (χ2v) is 3.27. The van der Waals surface area contributed by atoms with Gasteiger partial charge in [0, 0.05) is 5.57 Å². The zero-order valence-electron chi connectivity index (χ0n) is 7.81. The highest BCUT2D eigenvalue weighted by Crippen LogP contribution is 2.12. The van der Waals surface area contributed by atoms with Gasteiger partial charge in [-0.2, -0.15) is 0 Å². The minimum atomic E-state index is -1.08. The number of hydrogen-bond acceptors (Lipinski definition) is 2. The first-order valence-electron chi connectivity index (χ1n) is 4.27. The number of carboxylic acid groups (broad SMARTS) is 1. The van der Waals surface area contributed by atoms with Crippen molar-refractivity contribution in [2.75, 3.05) is 0 Å². The molecule has 1 aromatic rings. The average Bonchev–Trinajstić information content (AvgIpc) is 2.17. The molecule has 0 aromatic heterocycles. The Morgan fingerprint density at radius 3 is 2.33 bits per heavy atom. The third-order valence-corrected chi connectivity index (χ3v) is 1.98. The number of rotatable bonds is 4. The van der Waals surface area contributed by atoms with E-state index in [0.717, 1.165) is 5.56 Å².